The molecule has 108 valence electrons. The van der Waals surface area contributed by atoms with Crippen LogP contribution in [0, 0.1) is 0 Å². The zero-order chi connectivity index (χ0) is 13.5. The van der Waals surface area contributed by atoms with Gasteiger partial charge in [-0.05, 0) is 19.3 Å². The van der Waals surface area contributed by atoms with Gasteiger partial charge in [0, 0.05) is 5.92 Å². The molecule has 1 aromatic rings. The predicted octanol–water partition coefficient (Wildman–Crippen LogP) is 4.09. The van der Waals surface area contributed by atoms with Gasteiger partial charge >= 0.3 is 0 Å². The second kappa shape index (κ2) is 7.63. The Kier molecular flexibility index (Phi) is 5.83. The van der Waals surface area contributed by atoms with Crippen molar-refractivity contribution in [1.29, 1.82) is 0 Å². The Morgan fingerprint density at radius 3 is 2.53 bits per heavy atom. The summed E-state index contributed by atoms with van der Waals surface area (Å²) in [6, 6.07) is -0.0492. The molecule has 1 aliphatic carbocycles. The summed E-state index contributed by atoms with van der Waals surface area (Å²) in [7, 11) is 0. The molecule has 0 aliphatic heterocycles. The Hall–Kier alpha value is -0.900. The molecule has 0 saturated heterocycles. The maximum atomic E-state index is 6.11. The summed E-state index contributed by atoms with van der Waals surface area (Å²) < 4.78 is 5.24. The number of rotatable bonds is 10. The maximum Gasteiger partial charge on any atom is 0.229 e. The number of nitrogens with two attached hydrogens (primary N) is 1. The van der Waals surface area contributed by atoms with Crippen LogP contribution in [-0.2, 0) is 0 Å². The molecule has 4 nitrogen and oxygen atoms in total. The van der Waals surface area contributed by atoms with E-state index in [0.717, 1.165) is 12.3 Å². The van der Waals surface area contributed by atoms with Crippen molar-refractivity contribution in [2.75, 3.05) is 0 Å². The highest BCUT2D eigenvalue weighted by Crippen LogP contribution is 2.39. The number of unbranched alkanes of at least 4 members (excludes halogenated alkanes) is 6. The number of aromatic nitrogens is 2. The van der Waals surface area contributed by atoms with Gasteiger partial charge in [-0.2, -0.15) is 4.98 Å². The molecular formula is C15H27N3O. The number of hydrogen-bond donors (Lipinski definition) is 1. The van der Waals surface area contributed by atoms with E-state index in [0.29, 0.717) is 11.7 Å². The molecule has 1 unspecified atom stereocenters. The lowest BCUT2D eigenvalue weighted by atomic mass is 10.1. The Balaban J connectivity index is 1.57. The zero-order valence-corrected chi connectivity index (χ0v) is 12.1. The fourth-order valence-electron chi connectivity index (χ4n) is 2.34. The van der Waals surface area contributed by atoms with E-state index >= 15 is 0 Å². The van der Waals surface area contributed by atoms with Gasteiger partial charge < -0.3 is 10.3 Å². The molecule has 1 fully saturated rings. The van der Waals surface area contributed by atoms with Gasteiger partial charge in [-0.15, -0.1) is 0 Å². The van der Waals surface area contributed by atoms with Gasteiger partial charge in [0.1, 0.15) is 0 Å². The summed E-state index contributed by atoms with van der Waals surface area (Å²) in [5.41, 5.74) is 6.11. The molecule has 1 atom stereocenters. The molecule has 1 saturated carbocycles. The molecule has 2 rings (SSSR count). The van der Waals surface area contributed by atoms with E-state index in [1.807, 2.05) is 0 Å². The fourth-order valence-corrected chi connectivity index (χ4v) is 2.34. The van der Waals surface area contributed by atoms with Crippen LogP contribution in [0.15, 0.2) is 4.52 Å². The summed E-state index contributed by atoms with van der Waals surface area (Å²) in [6.07, 6.45) is 12.5. The smallest absolute Gasteiger partial charge is 0.229 e. The highest BCUT2D eigenvalue weighted by molar-refractivity contribution is 5.03. The third-order valence-corrected chi connectivity index (χ3v) is 3.83. The Labute approximate surface area is 116 Å². The van der Waals surface area contributed by atoms with Crippen LogP contribution < -0.4 is 5.73 Å². The van der Waals surface area contributed by atoms with E-state index in [2.05, 4.69) is 17.1 Å². The third-order valence-electron chi connectivity index (χ3n) is 3.83. The minimum Gasteiger partial charge on any atom is -0.339 e. The van der Waals surface area contributed by atoms with Gasteiger partial charge in [-0.1, -0.05) is 57.0 Å². The first-order valence-corrected chi connectivity index (χ1v) is 7.90. The van der Waals surface area contributed by atoms with E-state index in [-0.39, 0.29) is 6.04 Å². The molecule has 19 heavy (non-hydrogen) atoms. The first-order chi connectivity index (χ1) is 9.31. The maximum absolute atomic E-state index is 6.11. The lowest BCUT2D eigenvalue weighted by Crippen LogP contribution is -2.12. The molecule has 0 spiro atoms. The first kappa shape index (κ1) is 14.5. The van der Waals surface area contributed by atoms with Crippen molar-refractivity contribution in [2.24, 2.45) is 5.73 Å². The van der Waals surface area contributed by atoms with Crippen molar-refractivity contribution >= 4 is 0 Å². The van der Waals surface area contributed by atoms with Gasteiger partial charge in [0.25, 0.3) is 0 Å². The molecule has 4 heteroatoms. The van der Waals surface area contributed by atoms with Crippen LogP contribution in [0.1, 0.15) is 94.8 Å². The van der Waals surface area contributed by atoms with Crippen molar-refractivity contribution in [3.63, 3.8) is 0 Å². The van der Waals surface area contributed by atoms with Gasteiger partial charge in [-0.25, -0.2) is 0 Å². The summed E-state index contributed by atoms with van der Waals surface area (Å²) in [5, 5.41) is 4.01. The molecule has 2 N–H and O–H groups in total. The van der Waals surface area contributed by atoms with Crippen molar-refractivity contribution < 1.29 is 4.52 Å². The quantitative estimate of drug-likeness (QED) is 0.647. The van der Waals surface area contributed by atoms with Gasteiger partial charge in [0.2, 0.25) is 5.89 Å². The second-order valence-corrected chi connectivity index (χ2v) is 5.78. The Morgan fingerprint density at radius 1 is 1.16 bits per heavy atom. The van der Waals surface area contributed by atoms with Crippen LogP contribution in [0.25, 0.3) is 0 Å². The topological polar surface area (TPSA) is 64.9 Å². The van der Waals surface area contributed by atoms with Gasteiger partial charge in [-0.3, -0.25) is 0 Å². The van der Waals surface area contributed by atoms with Crippen LogP contribution >= 0.6 is 0 Å². The number of hydrogen-bond acceptors (Lipinski definition) is 4. The van der Waals surface area contributed by atoms with E-state index in [1.54, 1.807) is 0 Å². The molecular weight excluding hydrogens is 238 g/mol. The summed E-state index contributed by atoms with van der Waals surface area (Å²) in [6.45, 7) is 2.25. The van der Waals surface area contributed by atoms with Gasteiger partial charge in [0.05, 0.1) is 6.04 Å². The summed E-state index contributed by atoms with van der Waals surface area (Å²) in [4.78, 5) is 4.41. The molecule has 0 radical (unpaired) electrons. The van der Waals surface area contributed by atoms with Crippen LogP contribution in [0.4, 0.5) is 0 Å². The lowest BCUT2D eigenvalue weighted by Gasteiger charge is -2.06. The van der Waals surface area contributed by atoms with Crippen LogP contribution in [0.2, 0.25) is 0 Å². The second-order valence-electron chi connectivity index (χ2n) is 5.78. The monoisotopic (exact) mass is 265 g/mol. The Morgan fingerprint density at radius 2 is 1.84 bits per heavy atom. The zero-order valence-electron chi connectivity index (χ0n) is 12.1. The highest BCUT2D eigenvalue weighted by Gasteiger charge is 2.30. The van der Waals surface area contributed by atoms with Crippen molar-refractivity contribution in [1.82, 2.24) is 10.1 Å². The van der Waals surface area contributed by atoms with E-state index in [4.69, 9.17) is 10.3 Å². The first-order valence-electron chi connectivity index (χ1n) is 7.90. The molecule has 0 amide bonds. The van der Waals surface area contributed by atoms with Crippen LogP contribution in [0.5, 0.6) is 0 Å². The summed E-state index contributed by atoms with van der Waals surface area (Å²) in [5.74, 6) is 2.02. The standard InChI is InChI=1S/C15H27N3O/c1-2-3-4-5-6-7-8-9-13(16)14-17-15(19-18-14)12-10-11-12/h12-13H,2-11,16H2,1H3. The van der Waals surface area contributed by atoms with Crippen LogP contribution in [0.3, 0.4) is 0 Å². The van der Waals surface area contributed by atoms with E-state index in [1.165, 1.54) is 57.8 Å². The Bertz CT molecular complexity index is 360. The lowest BCUT2D eigenvalue weighted by molar-refractivity contribution is 0.368. The van der Waals surface area contributed by atoms with E-state index < -0.39 is 0 Å². The van der Waals surface area contributed by atoms with Crippen molar-refractivity contribution in [3.8, 4) is 0 Å². The van der Waals surface area contributed by atoms with Crippen molar-refractivity contribution in [3.05, 3.63) is 11.7 Å². The minimum atomic E-state index is -0.0492. The number of nitrogens with zero attached hydrogens (tertiary/aromatic N) is 2. The largest absolute Gasteiger partial charge is 0.339 e. The predicted molar refractivity (Wildman–Crippen MR) is 75.8 cm³/mol. The summed E-state index contributed by atoms with van der Waals surface area (Å²) >= 11 is 0. The fraction of sp³-hybridized carbons (Fsp3) is 0.867. The molecule has 1 aromatic heterocycles. The normalized spacial score (nSPS) is 16.7. The van der Waals surface area contributed by atoms with Gasteiger partial charge in [0.15, 0.2) is 5.82 Å². The average molecular weight is 265 g/mol. The average Bonchev–Trinajstić information content (AvgIpc) is 3.15. The SMILES string of the molecule is CCCCCCCCCC(N)c1noc(C2CC2)n1. The van der Waals surface area contributed by atoms with Crippen LogP contribution in [-0.4, -0.2) is 10.1 Å². The van der Waals surface area contributed by atoms with E-state index in [9.17, 15) is 0 Å². The third kappa shape index (κ3) is 4.94. The molecule has 0 bridgehead atoms. The molecule has 0 aromatic carbocycles. The van der Waals surface area contributed by atoms with Crippen molar-refractivity contribution in [2.45, 2.75) is 83.1 Å². The molecule has 1 aliphatic rings. The minimum absolute atomic E-state index is 0.0492. The highest BCUT2D eigenvalue weighted by atomic mass is 16.5. The molecule has 1 heterocycles.